The zero-order valence-corrected chi connectivity index (χ0v) is 12.1. The molecule has 2 heterocycles. The van der Waals surface area contributed by atoms with Crippen LogP contribution in [0, 0.1) is 0 Å². The predicted octanol–water partition coefficient (Wildman–Crippen LogP) is 2.60. The van der Waals surface area contributed by atoms with Crippen LogP contribution in [0.1, 0.15) is 10.4 Å². The summed E-state index contributed by atoms with van der Waals surface area (Å²) >= 11 is 11.9. The summed E-state index contributed by atoms with van der Waals surface area (Å²) in [6, 6.07) is 4.74. The number of carbonyl (C=O) groups excluding carboxylic acids is 1. The first kappa shape index (κ1) is 13.8. The predicted molar refractivity (Wildman–Crippen MR) is 80.5 cm³/mol. The maximum absolute atomic E-state index is 12.3. The van der Waals surface area contributed by atoms with Crippen molar-refractivity contribution in [3.8, 4) is 0 Å². The van der Waals surface area contributed by atoms with Gasteiger partial charge in [0.1, 0.15) is 11.8 Å². The number of halogens is 2. The molecule has 21 heavy (non-hydrogen) atoms. The first-order valence-electron chi connectivity index (χ1n) is 5.96. The standard InChI is InChI=1S/C13H9Cl2N5O/c14-7-1-2-8(9(15)3-7)10(21)4-20-6-19-11-12(16)17-5-18-13(11)20/h1-3,5-6H,4H2,(H2,16,17,18). The summed E-state index contributed by atoms with van der Waals surface area (Å²) in [5.41, 5.74) is 7.06. The van der Waals surface area contributed by atoms with Crippen molar-refractivity contribution in [2.24, 2.45) is 0 Å². The Bertz CT molecular complexity index is 846. The van der Waals surface area contributed by atoms with Gasteiger partial charge in [0.2, 0.25) is 0 Å². The number of nitrogen functional groups attached to an aromatic ring is 1. The molecule has 0 unspecified atom stereocenters. The summed E-state index contributed by atoms with van der Waals surface area (Å²) in [5.74, 6) is 0.101. The van der Waals surface area contributed by atoms with Gasteiger partial charge in [0.05, 0.1) is 17.9 Å². The molecule has 0 atom stereocenters. The molecule has 0 spiro atoms. The smallest absolute Gasteiger partial charge is 0.184 e. The van der Waals surface area contributed by atoms with E-state index in [0.29, 0.717) is 26.8 Å². The van der Waals surface area contributed by atoms with Gasteiger partial charge in [-0.1, -0.05) is 23.2 Å². The highest BCUT2D eigenvalue weighted by Crippen LogP contribution is 2.22. The molecule has 3 rings (SSSR count). The number of Topliss-reactive ketones (excluding diaryl/α,β-unsaturated/α-hetero) is 1. The quantitative estimate of drug-likeness (QED) is 0.749. The third-order valence-electron chi connectivity index (χ3n) is 2.98. The first-order chi connectivity index (χ1) is 10.1. The monoisotopic (exact) mass is 321 g/mol. The van der Waals surface area contributed by atoms with Gasteiger partial charge in [-0.15, -0.1) is 0 Å². The summed E-state index contributed by atoms with van der Waals surface area (Å²) < 4.78 is 1.60. The van der Waals surface area contributed by atoms with Gasteiger partial charge < -0.3 is 10.3 Å². The van der Waals surface area contributed by atoms with Crippen LogP contribution in [0.5, 0.6) is 0 Å². The zero-order valence-electron chi connectivity index (χ0n) is 10.6. The number of rotatable bonds is 3. The minimum atomic E-state index is -0.173. The minimum absolute atomic E-state index is 0.0499. The third kappa shape index (κ3) is 2.55. The van der Waals surface area contributed by atoms with Crippen LogP contribution in [0.15, 0.2) is 30.9 Å². The number of nitrogens with zero attached hydrogens (tertiary/aromatic N) is 4. The zero-order chi connectivity index (χ0) is 15.0. The number of hydrogen-bond donors (Lipinski definition) is 1. The van der Waals surface area contributed by atoms with E-state index < -0.39 is 0 Å². The number of anilines is 1. The fraction of sp³-hybridized carbons (Fsp3) is 0.0769. The molecule has 0 bridgehead atoms. The van der Waals surface area contributed by atoms with Gasteiger partial charge in [0.25, 0.3) is 0 Å². The van der Waals surface area contributed by atoms with E-state index in [9.17, 15) is 4.79 Å². The van der Waals surface area contributed by atoms with Crippen LogP contribution >= 0.6 is 23.2 Å². The summed E-state index contributed by atoms with van der Waals surface area (Å²) in [6.07, 6.45) is 2.83. The highest BCUT2D eigenvalue weighted by atomic mass is 35.5. The maximum atomic E-state index is 12.3. The van der Waals surface area contributed by atoms with Crippen LogP contribution in [0.25, 0.3) is 11.2 Å². The van der Waals surface area contributed by atoms with Crippen molar-refractivity contribution in [3.63, 3.8) is 0 Å². The highest BCUT2D eigenvalue weighted by Gasteiger charge is 2.14. The second-order valence-corrected chi connectivity index (χ2v) is 5.19. The van der Waals surface area contributed by atoms with Crippen molar-refractivity contribution in [2.45, 2.75) is 6.54 Å². The fourth-order valence-electron chi connectivity index (χ4n) is 1.97. The number of ketones is 1. The lowest BCUT2D eigenvalue weighted by molar-refractivity contribution is 0.0973. The maximum Gasteiger partial charge on any atom is 0.184 e. The Morgan fingerprint density at radius 3 is 2.81 bits per heavy atom. The van der Waals surface area contributed by atoms with Crippen LogP contribution in [0.3, 0.4) is 0 Å². The van der Waals surface area contributed by atoms with Crippen LogP contribution in [-0.4, -0.2) is 25.3 Å². The highest BCUT2D eigenvalue weighted by molar-refractivity contribution is 6.36. The molecule has 106 valence electrons. The van der Waals surface area contributed by atoms with Crippen LogP contribution in [0.4, 0.5) is 5.82 Å². The Morgan fingerprint density at radius 1 is 1.24 bits per heavy atom. The summed E-state index contributed by atoms with van der Waals surface area (Å²) in [5, 5.41) is 0.788. The van der Waals surface area contributed by atoms with Gasteiger partial charge in [-0.05, 0) is 18.2 Å². The van der Waals surface area contributed by atoms with Crippen LogP contribution in [-0.2, 0) is 6.54 Å². The van der Waals surface area contributed by atoms with E-state index >= 15 is 0 Å². The average Bonchev–Trinajstić information content (AvgIpc) is 2.83. The lowest BCUT2D eigenvalue weighted by Gasteiger charge is -2.05. The Morgan fingerprint density at radius 2 is 2.05 bits per heavy atom. The number of nitrogens with two attached hydrogens (primary N) is 1. The number of imidazole rings is 1. The van der Waals surface area contributed by atoms with E-state index in [0.717, 1.165) is 0 Å². The second kappa shape index (κ2) is 5.31. The van der Waals surface area contributed by atoms with Crippen molar-refractivity contribution in [1.82, 2.24) is 19.5 Å². The Kier molecular flexibility index (Phi) is 3.48. The van der Waals surface area contributed by atoms with Gasteiger partial charge >= 0.3 is 0 Å². The van der Waals surface area contributed by atoms with Crippen molar-refractivity contribution in [1.29, 1.82) is 0 Å². The summed E-state index contributed by atoms with van der Waals surface area (Å²) in [6.45, 7) is 0.0499. The van der Waals surface area contributed by atoms with Gasteiger partial charge in [-0.3, -0.25) is 4.79 Å². The largest absolute Gasteiger partial charge is 0.382 e. The lowest BCUT2D eigenvalue weighted by atomic mass is 10.1. The first-order valence-corrected chi connectivity index (χ1v) is 6.71. The van der Waals surface area contributed by atoms with Gasteiger partial charge in [0.15, 0.2) is 17.2 Å². The number of hydrogen-bond acceptors (Lipinski definition) is 5. The Labute approximate surface area is 129 Å². The molecular weight excluding hydrogens is 313 g/mol. The molecule has 8 heteroatoms. The molecular formula is C13H9Cl2N5O. The number of fused-ring (bicyclic) bond motifs is 1. The molecule has 3 aromatic rings. The van der Waals surface area contributed by atoms with E-state index in [-0.39, 0.29) is 18.1 Å². The van der Waals surface area contributed by atoms with Gasteiger partial charge in [-0.2, -0.15) is 0 Å². The normalized spacial score (nSPS) is 11.0. The van der Waals surface area contributed by atoms with E-state index in [1.807, 2.05) is 0 Å². The number of carbonyl (C=O) groups is 1. The van der Waals surface area contributed by atoms with Gasteiger partial charge in [0, 0.05) is 10.6 Å². The number of aromatic nitrogens is 4. The van der Waals surface area contributed by atoms with Crippen molar-refractivity contribution in [2.75, 3.05) is 5.73 Å². The third-order valence-corrected chi connectivity index (χ3v) is 3.52. The molecule has 2 N–H and O–H groups in total. The molecule has 0 aliphatic rings. The van der Waals surface area contributed by atoms with E-state index in [1.54, 1.807) is 16.7 Å². The SMILES string of the molecule is Nc1ncnc2c1ncn2CC(=O)c1ccc(Cl)cc1Cl. The minimum Gasteiger partial charge on any atom is -0.382 e. The van der Waals surface area contributed by atoms with Crippen molar-refractivity contribution >= 4 is 46.0 Å². The second-order valence-electron chi connectivity index (χ2n) is 4.35. The molecule has 0 radical (unpaired) electrons. The molecule has 0 aliphatic carbocycles. The van der Waals surface area contributed by atoms with Crippen LogP contribution in [0.2, 0.25) is 10.0 Å². The summed E-state index contributed by atoms with van der Waals surface area (Å²) in [7, 11) is 0. The lowest BCUT2D eigenvalue weighted by Crippen LogP contribution is -2.10. The van der Waals surface area contributed by atoms with Gasteiger partial charge in [-0.25, -0.2) is 15.0 Å². The van der Waals surface area contributed by atoms with Crippen molar-refractivity contribution < 1.29 is 4.79 Å². The molecule has 1 aromatic carbocycles. The Balaban J connectivity index is 1.95. The topological polar surface area (TPSA) is 86.7 Å². The Hall–Kier alpha value is -2.18. The van der Waals surface area contributed by atoms with E-state index in [4.69, 9.17) is 28.9 Å². The molecule has 0 aliphatic heterocycles. The molecule has 2 aromatic heterocycles. The van der Waals surface area contributed by atoms with Crippen molar-refractivity contribution in [3.05, 3.63) is 46.5 Å². The fourth-order valence-corrected chi connectivity index (χ4v) is 2.48. The van der Waals surface area contributed by atoms with E-state index in [2.05, 4.69) is 15.0 Å². The molecule has 0 saturated heterocycles. The molecule has 0 fully saturated rings. The van der Waals surface area contributed by atoms with Crippen LogP contribution < -0.4 is 5.73 Å². The van der Waals surface area contributed by atoms with E-state index in [1.165, 1.54) is 18.7 Å². The number of benzene rings is 1. The molecule has 0 saturated carbocycles. The molecule has 6 nitrogen and oxygen atoms in total. The average molecular weight is 322 g/mol. The molecule has 0 amide bonds. The summed E-state index contributed by atoms with van der Waals surface area (Å²) in [4.78, 5) is 24.4.